The van der Waals surface area contributed by atoms with Crippen LogP contribution in [0.25, 0.3) is 0 Å². The summed E-state index contributed by atoms with van der Waals surface area (Å²) in [6.45, 7) is 0. The van der Waals surface area contributed by atoms with Crippen molar-refractivity contribution in [1.29, 1.82) is 0 Å². The zero-order valence-electron chi connectivity index (χ0n) is 7.90. The topological polar surface area (TPSA) is 0 Å². The number of hydrogen-bond acceptors (Lipinski definition) is 0. The molecular weight excluding hydrogens is 204 g/mol. The van der Waals surface area contributed by atoms with Crippen LogP contribution in [0, 0.1) is 0 Å². The van der Waals surface area contributed by atoms with E-state index in [1.54, 1.807) is 0 Å². The van der Waals surface area contributed by atoms with Crippen LogP contribution in [0.3, 0.4) is 0 Å². The monoisotopic (exact) mass is 215 g/mol. The third kappa shape index (κ3) is 2.15. The van der Waals surface area contributed by atoms with Gasteiger partial charge in [0.1, 0.15) is 0 Å². The molecule has 0 amide bonds. The molecule has 0 bridgehead atoms. The summed E-state index contributed by atoms with van der Waals surface area (Å²) in [4.78, 5) is 0. The zero-order valence-corrected chi connectivity index (χ0v) is 9.46. The Balaban J connectivity index is 2.34. The number of allylic oxidation sites excluding steroid dienone is 12. The van der Waals surface area contributed by atoms with Crippen LogP contribution in [0.1, 0.15) is 6.42 Å². The predicted molar refractivity (Wildman–Crippen MR) is 56.3 cm³/mol. The zero-order chi connectivity index (χ0) is 9.80. The molecular formula is C13H11Ti. The Morgan fingerprint density at radius 1 is 0.929 bits per heavy atom. The average molecular weight is 215 g/mol. The first-order chi connectivity index (χ1) is 6.88. The molecule has 67 valence electrons. The van der Waals surface area contributed by atoms with E-state index in [4.69, 9.17) is 0 Å². The summed E-state index contributed by atoms with van der Waals surface area (Å²) < 4.78 is 1.46. The summed E-state index contributed by atoms with van der Waals surface area (Å²) in [5, 5.41) is 0. The second kappa shape index (κ2) is 4.59. The van der Waals surface area contributed by atoms with E-state index in [1.807, 2.05) is 6.08 Å². The Labute approximate surface area is 96.5 Å². The van der Waals surface area contributed by atoms with E-state index >= 15 is 0 Å². The molecule has 0 aromatic carbocycles. The van der Waals surface area contributed by atoms with Crippen LogP contribution in [-0.2, 0) is 20.4 Å². The molecule has 2 aliphatic carbocycles. The van der Waals surface area contributed by atoms with Crippen LogP contribution >= 0.6 is 0 Å². The van der Waals surface area contributed by atoms with Crippen molar-refractivity contribution in [2.24, 2.45) is 0 Å². The van der Waals surface area contributed by atoms with Gasteiger partial charge in [0.2, 0.25) is 0 Å². The second-order valence-electron chi connectivity index (χ2n) is 3.25. The molecule has 2 rings (SSSR count). The summed E-state index contributed by atoms with van der Waals surface area (Å²) >= 11 is 2.20. The van der Waals surface area contributed by atoms with E-state index in [9.17, 15) is 0 Å². The van der Waals surface area contributed by atoms with Crippen LogP contribution in [0.4, 0.5) is 0 Å². The standard InChI is InChI=1S/C13H11.Ti/c1-2-4-8-12(9-5-3-1)13-10-6-7-11-13;/h1-6,8-10H,7H2;. The van der Waals surface area contributed by atoms with Crippen molar-refractivity contribution in [1.82, 2.24) is 0 Å². The van der Waals surface area contributed by atoms with Gasteiger partial charge in [-0.05, 0) is 0 Å². The molecule has 0 radical (unpaired) electrons. The van der Waals surface area contributed by atoms with Gasteiger partial charge in [-0.15, -0.1) is 0 Å². The third-order valence-electron chi connectivity index (χ3n) is 2.24. The maximum absolute atomic E-state index is 2.22. The van der Waals surface area contributed by atoms with Crippen LogP contribution in [0.5, 0.6) is 0 Å². The molecule has 0 spiro atoms. The summed E-state index contributed by atoms with van der Waals surface area (Å²) in [5.41, 5.74) is 2.68. The van der Waals surface area contributed by atoms with Gasteiger partial charge in [-0.2, -0.15) is 0 Å². The molecule has 0 atom stereocenters. The first-order valence-corrected chi connectivity index (χ1v) is 5.49. The van der Waals surface area contributed by atoms with Gasteiger partial charge in [-0.3, -0.25) is 0 Å². The molecule has 1 heteroatoms. The number of hydrogen-bond donors (Lipinski definition) is 0. The van der Waals surface area contributed by atoms with Crippen LogP contribution in [-0.4, -0.2) is 0 Å². The van der Waals surface area contributed by atoms with E-state index in [0.29, 0.717) is 0 Å². The van der Waals surface area contributed by atoms with Gasteiger partial charge in [0, 0.05) is 0 Å². The molecule has 0 nitrogen and oxygen atoms in total. The van der Waals surface area contributed by atoms with E-state index < -0.39 is 0 Å². The molecule has 0 aromatic heterocycles. The van der Waals surface area contributed by atoms with Crippen molar-refractivity contribution in [3.8, 4) is 0 Å². The Morgan fingerprint density at radius 2 is 1.71 bits per heavy atom. The summed E-state index contributed by atoms with van der Waals surface area (Å²) in [6, 6.07) is 0. The quantitative estimate of drug-likeness (QED) is 0.588. The minimum atomic E-state index is 1.10. The summed E-state index contributed by atoms with van der Waals surface area (Å²) in [7, 11) is 0. The molecule has 0 fully saturated rings. The molecule has 14 heavy (non-hydrogen) atoms. The average Bonchev–Trinajstić information content (AvgIpc) is 2.51. The minimum absolute atomic E-state index is 1.10. The van der Waals surface area contributed by atoms with Crippen LogP contribution < -0.4 is 0 Å². The predicted octanol–water partition coefficient (Wildman–Crippen LogP) is 3.36. The molecule has 2 aliphatic rings. The van der Waals surface area contributed by atoms with Gasteiger partial charge >= 0.3 is 96.6 Å². The van der Waals surface area contributed by atoms with Crippen molar-refractivity contribution >= 4 is 0 Å². The normalized spacial score (nSPS) is 19.8. The van der Waals surface area contributed by atoms with Gasteiger partial charge in [0.05, 0.1) is 0 Å². The number of rotatable bonds is 1. The molecule has 0 saturated heterocycles. The van der Waals surface area contributed by atoms with Gasteiger partial charge in [-0.1, -0.05) is 0 Å². The molecule has 0 N–H and O–H groups in total. The summed E-state index contributed by atoms with van der Waals surface area (Å²) in [5.74, 6) is 0. The van der Waals surface area contributed by atoms with E-state index in [-0.39, 0.29) is 0 Å². The van der Waals surface area contributed by atoms with Crippen LogP contribution in [0.2, 0.25) is 0 Å². The molecule has 0 heterocycles. The molecule has 0 aromatic rings. The fourth-order valence-electron chi connectivity index (χ4n) is 1.52. The van der Waals surface area contributed by atoms with Gasteiger partial charge < -0.3 is 0 Å². The molecule has 0 unspecified atom stereocenters. The summed E-state index contributed by atoms with van der Waals surface area (Å²) in [6.07, 6.45) is 20.2. The fourth-order valence-corrected chi connectivity index (χ4v) is 2.06. The molecule has 0 saturated carbocycles. The third-order valence-corrected chi connectivity index (χ3v) is 2.98. The van der Waals surface area contributed by atoms with Crippen molar-refractivity contribution in [2.45, 2.75) is 6.42 Å². The van der Waals surface area contributed by atoms with Crippen LogP contribution in [0.15, 0.2) is 69.7 Å². The van der Waals surface area contributed by atoms with Crippen molar-refractivity contribution in [3.05, 3.63) is 69.7 Å². The van der Waals surface area contributed by atoms with E-state index in [1.165, 1.54) is 15.0 Å². The Bertz CT molecular complexity index is 401. The second-order valence-corrected chi connectivity index (χ2v) is 4.19. The fraction of sp³-hybridized carbons (Fsp3) is 0.0769. The van der Waals surface area contributed by atoms with Crippen molar-refractivity contribution < 1.29 is 20.4 Å². The first kappa shape index (κ1) is 9.70. The maximum atomic E-state index is 2.22. The van der Waals surface area contributed by atoms with E-state index in [2.05, 4.69) is 69.0 Å². The molecule has 0 aliphatic heterocycles. The van der Waals surface area contributed by atoms with Crippen molar-refractivity contribution in [2.75, 3.05) is 0 Å². The van der Waals surface area contributed by atoms with Crippen molar-refractivity contribution in [3.63, 3.8) is 0 Å². The SMILES string of the molecule is [Ti][C]1=C(C2=CC=CC=CC=C2)C=CC1. The van der Waals surface area contributed by atoms with Gasteiger partial charge in [0.25, 0.3) is 0 Å². The van der Waals surface area contributed by atoms with E-state index in [0.717, 1.165) is 6.42 Å². The van der Waals surface area contributed by atoms with Gasteiger partial charge in [0.15, 0.2) is 0 Å². The Kier molecular flexibility index (Phi) is 3.18. The Morgan fingerprint density at radius 3 is 2.50 bits per heavy atom. The van der Waals surface area contributed by atoms with Gasteiger partial charge in [-0.25, -0.2) is 0 Å². The Hall–Kier alpha value is -0.846. The first-order valence-electron chi connectivity index (χ1n) is 4.71.